The molecule has 0 unspecified atom stereocenters. The highest BCUT2D eigenvalue weighted by molar-refractivity contribution is 7.89. The van der Waals surface area contributed by atoms with Crippen molar-refractivity contribution in [3.63, 3.8) is 0 Å². The molecule has 0 spiro atoms. The molecule has 146 valence electrons. The van der Waals surface area contributed by atoms with E-state index in [4.69, 9.17) is 4.74 Å². The molecule has 1 N–H and O–H groups in total. The van der Waals surface area contributed by atoms with Gasteiger partial charge in [-0.3, -0.25) is 0 Å². The Morgan fingerprint density at radius 3 is 2.74 bits per heavy atom. The van der Waals surface area contributed by atoms with Crippen LogP contribution in [0.15, 0.2) is 23.1 Å². The fraction of sp³-hybridized carbons (Fsp3) is 0.588. The lowest BCUT2D eigenvalue weighted by Gasteiger charge is -2.19. The fourth-order valence-corrected chi connectivity index (χ4v) is 4.95. The average molecular weight is 392 g/mol. The van der Waals surface area contributed by atoms with Crippen LogP contribution in [-0.2, 0) is 16.6 Å². The molecular formula is C17H24N6O3S. The van der Waals surface area contributed by atoms with Crippen LogP contribution in [0, 0.1) is 0 Å². The summed E-state index contributed by atoms with van der Waals surface area (Å²) in [5.41, 5.74) is 0.696. The summed E-state index contributed by atoms with van der Waals surface area (Å²) in [5, 5.41) is 15.1. The maximum atomic E-state index is 13.0. The molecule has 27 heavy (non-hydrogen) atoms. The van der Waals surface area contributed by atoms with Crippen LogP contribution in [0.5, 0.6) is 5.75 Å². The molecule has 1 aromatic carbocycles. The van der Waals surface area contributed by atoms with Crippen LogP contribution in [0.3, 0.4) is 0 Å². The molecule has 2 heterocycles. The van der Waals surface area contributed by atoms with E-state index in [0.717, 1.165) is 31.5 Å². The van der Waals surface area contributed by atoms with E-state index in [1.54, 1.807) is 12.1 Å². The summed E-state index contributed by atoms with van der Waals surface area (Å²) in [7, 11) is -3.57. The Bertz CT molecular complexity index is 903. The van der Waals surface area contributed by atoms with Crippen LogP contribution in [-0.4, -0.2) is 52.6 Å². The van der Waals surface area contributed by atoms with Gasteiger partial charge in [-0.15, -0.1) is 5.10 Å². The van der Waals surface area contributed by atoms with Crippen LogP contribution in [0.2, 0.25) is 0 Å². The second kappa shape index (κ2) is 7.43. The SMILES string of the molecule is CCOc1ccc(NCc2nnnn2C2CC2)cc1S(=O)(=O)N1CCCC1. The van der Waals surface area contributed by atoms with E-state index in [1.807, 2.05) is 17.7 Å². The van der Waals surface area contributed by atoms with Crippen molar-refractivity contribution >= 4 is 15.7 Å². The molecule has 1 saturated carbocycles. The first-order chi connectivity index (χ1) is 13.1. The van der Waals surface area contributed by atoms with Crippen LogP contribution >= 0.6 is 0 Å². The van der Waals surface area contributed by atoms with Gasteiger partial charge in [0, 0.05) is 18.8 Å². The van der Waals surface area contributed by atoms with Crippen LogP contribution in [0.4, 0.5) is 5.69 Å². The molecule has 0 amide bonds. The highest BCUT2D eigenvalue weighted by Gasteiger charge is 2.31. The first-order valence-electron chi connectivity index (χ1n) is 9.37. The molecule has 4 rings (SSSR count). The molecular weight excluding hydrogens is 368 g/mol. The number of sulfonamides is 1. The monoisotopic (exact) mass is 392 g/mol. The van der Waals surface area contributed by atoms with E-state index >= 15 is 0 Å². The Hall–Kier alpha value is -2.20. The molecule has 10 heteroatoms. The largest absolute Gasteiger partial charge is 0.492 e. The van der Waals surface area contributed by atoms with Gasteiger partial charge < -0.3 is 10.1 Å². The second-order valence-corrected chi connectivity index (χ2v) is 8.74. The molecule has 0 bridgehead atoms. The summed E-state index contributed by atoms with van der Waals surface area (Å²) < 4.78 is 35.0. The van der Waals surface area contributed by atoms with E-state index in [2.05, 4.69) is 20.8 Å². The van der Waals surface area contributed by atoms with E-state index in [0.29, 0.717) is 43.7 Å². The maximum Gasteiger partial charge on any atom is 0.246 e. The minimum Gasteiger partial charge on any atom is -0.492 e. The van der Waals surface area contributed by atoms with E-state index < -0.39 is 10.0 Å². The third-order valence-corrected chi connectivity index (χ3v) is 6.75. The lowest BCUT2D eigenvalue weighted by Crippen LogP contribution is -2.28. The summed E-state index contributed by atoms with van der Waals surface area (Å²) in [6, 6.07) is 5.56. The van der Waals surface area contributed by atoms with Gasteiger partial charge in [0.15, 0.2) is 5.82 Å². The third-order valence-electron chi connectivity index (χ3n) is 4.83. The van der Waals surface area contributed by atoms with Gasteiger partial charge in [0.25, 0.3) is 0 Å². The van der Waals surface area contributed by atoms with Crippen molar-refractivity contribution in [1.82, 2.24) is 24.5 Å². The van der Waals surface area contributed by atoms with Crippen LogP contribution in [0.1, 0.15) is 44.5 Å². The van der Waals surface area contributed by atoms with E-state index in [9.17, 15) is 8.42 Å². The number of anilines is 1. The zero-order valence-electron chi connectivity index (χ0n) is 15.3. The molecule has 2 aromatic rings. The standard InChI is InChI=1S/C17H24N6O3S/c1-2-26-15-8-5-13(11-16(15)27(24,25)22-9-3-4-10-22)18-12-17-19-20-21-23(17)14-6-7-14/h5,8,11,14,18H,2-4,6-7,9-10,12H2,1H3. The van der Waals surface area contributed by atoms with Gasteiger partial charge in [0.05, 0.1) is 19.2 Å². The molecule has 2 aliphatic rings. The van der Waals surface area contributed by atoms with E-state index in [-0.39, 0.29) is 4.90 Å². The summed E-state index contributed by atoms with van der Waals surface area (Å²) in [5.74, 6) is 1.13. The fourth-order valence-electron chi connectivity index (χ4n) is 3.27. The first kappa shape index (κ1) is 18.2. The van der Waals surface area contributed by atoms with Crippen molar-refractivity contribution in [2.45, 2.75) is 50.1 Å². The smallest absolute Gasteiger partial charge is 0.246 e. The summed E-state index contributed by atoms with van der Waals surface area (Å²) in [4.78, 5) is 0.207. The molecule has 0 radical (unpaired) electrons. The topological polar surface area (TPSA) is 102 Å². The zero-order valence-corrected chi connectivity index (χ0v) is 16.2. The molecule has 9 nitrogen and oxygen atoms in total. The summed E-state index contributed by atoms with van der Waals surface area (Å²) in [6.07, 6.45) is 3.98. The van der Waals surface area contributed by atoms with Gasteiger partial charge in [-0.2, -0.15) is 4.31 Å². The summed E-state index contributed by atoms with van der Waals surface area (Å²) in [6.45, 7) is 3.80. The minimum absolute atomic E-state index is 0.207. The van der Waals surface area contributed by atoms with Crippen molar-refractivity contribution in [1.29, 1.82) is 0 Å². The van der Waals surface area contributed by atoms with Crippen molar-refractivity contribution in [2.24, 2.45) is 0 Å². The first-order valence-corrected chi connectivity index (χ1v) is 10.8. The number of nitrogens with one attached hydrogen (secondary N) is 1. The van der Waals surface area contributed by atoms with Gasteiger partial charge in [0.2, 0.25) is 10.0 Å². The second-order valence-electron chi connectivity index (χ2n) is 6.83. The lowest BCUT2D eigenvalue weighted by molar-refractivity contribution is 0.329. The number of hydrogen-bond acceptors (Lipinski definition) is 7. The predicted octanol–water partition coefficient (Wildman–Crippen LogP) is 1.80. The number of ether oxygens (including phenoxy) is 1. The number of tetrazole rings is 1. The highest BCUT2D eigenvalue weighted by Crippen LogP contribution is 2.35. The van der Waals surface area contributed by atoms with Gasteiger partial charge in [0.1, 0.15) is 10.6 Å². The molecule has 0 atom stereocenters. The van der Waals surface area contributed by atoms with Crippen molar-refractivity contribution in [3.8, 4) is 5.75 Å². The average Bonchev–Trinajstić information content (AvgIpc) is 3.16. The minimum atomic E-state index is -3.57. The number of hydrogen-bond donors (Lipinski definition) is 1. The van der Waals surface area contributed by atoms with Crippen molar-refractivity contribution in [2.75, 3.05) is 25.0 Å². The van der Waals surface area contributed by atoms with Crippen LogP contribution < -0.4 is 10.1 Å². The van der Waals surface area contributed by atoms with Crippen molar-refractivity contribution in [3.05, 3.63) is 24.0 Å². The third kappa shape index (κ3) is 3.77. The molecule has 1 aromatic heterocycles. The highest BCUT2D eigenvalue weighted by atomic mass is 32.2. The molecule has 2 fully saturated rings. The zero-order chi connectivity index (χ0) is 18.9. The Kier molecular flexibility index (Phi) is 5.00. The predicted molar refractivity (Wildman–Crippen MR) is 99.0 cm³/mol. The Labute approximate surface area is 158 Å². The Morgan fingerprint density at radius 1 is 1.26 bits per heavy atom. The molecule has 1 aliphatic heterocycles. The number of benzene rings is 1. The van der Waals surface area contributed by atoms with E-state index in [1.165, 1.54) is 4.31 Å². The maximum absolute atomic E-state index is 13.0. The summed E-state index contributed by atoms with van der Waals surface area (Å²) >= 11 is 0. The Balaban J connectivity index is 1.57. The normalized spacial score (nSPS) is 18.0. The molecule has 1 saturated heterocycles. The van der Waals surface area contributed by atoms with Crippen LogP contribution in [0.25, 0.3) is 0 Å². The number of aromatic nitrogens is 4. The van der Waals surface area contributed by atoms with Gasteiger partial charge in [-0.05, 0) is 61.2 Å². The van der Waals surface area contributed by atoms with Crippen molar-refractivity contribution < 1.29 is 13.2 Å². The quantitative estimate of drug-likeness (QED) is 0.731. The lowest BCUT2D eigenvalue weighted by atomic mass is 10.3. The number of rotatable bonds is 8. The van der Waals surface area contributed by atoms with Gasteiger partial charge >= 0.3 is 0 Å². The number of nitrogens with zero attached hydrogens (tertiary/aromatic N) is 5. The molecule has 1 aliphatic carbocycles. The van der Waals surface area contributed by atoms with Gasteiger partial charge in [-0.25, -0.2) is 13.1 Å². The Morgan fingerprint density at radius 2 is 2.04 bits per heavy atom. The van der Waals surface area contributed by atoms with Gasteiger partial charge in [-0.1, -0.05) is 0 Å².